The van der Waals surface area contributed by atoms with E-state index in [9.17, 15) is 9.90 Å². The fourth-order valence-corrected chi connectivity index (χ4v) is 4.28. The van der Waals surface area contributed by atoms with E-state index in [2.05, 4.69) is 13.2 Å². The van der Waals surface area contributed by atoms with Crippen LogP contribution in [0.3, 0.4) is 0 Å². The van der Waals surface area contributed by atoms with Crippen molar-refractivity contribution < 1.29 is 9.90 Å². The largest absolute Gasteiger partial charge is 0.508 e. The van der Waals surface area contributed by atoms with E-state index >= 15 is 0 Å². The van der Waals surface area contributed by atoms with Gasteiger partial charge in [0.05, 0.1) is 15.0 Å². The number of carbonyl (C=O) groups excluding carboxylic acids is 1. The van der Waals surface area contributed by atoms with Crippen molar-refractivity contribution in [3.63, 3.8) is 0 Å². The number of hydrogen-bond acceptors (Lipinski definition) is 4. The maximum absolute atomic E-state index is 12.7. The molecule has 4 heteroatoms. The first-order chi connectivity index (χ1) is 12.0. The highest BCUT2D eigenvalue weighted by molar-refractivity contribution is 8.27. The summed E-state index contributed by atoms with van der Waals surface area (Å²) in [5.74, 6) is 0.0185. The van der Waals surface area contributed by atoms with Crippen LogP contribution in [-0.2, 0) is 11.2 Å². The molecule has 1 aliphatic carbocycles. The third-order valence-corrected chi connectivity index (χ3v) is 5.86. The number of ketones is 1. The van der Waals surface area contributed by atoms with Gasteiger partial charge in [-0.2, -0.15) is 0 Å². The Balaban J connectivity index is 1.70. The minimum atomic E-state index is -0.284. The van der Waals surface area contributed by atoms with Crippen molar-refractivity contribution in [1.82, 2.24) is 0 Å². The average Bonchev–Trinajstić information content (AvgIpc) is 3.17. The Hall–Kier alpha value is -2.17. The lowest BCUT2D eigenvalue weighted by Crippen LogP contribution is -2.16. The summed E-state index contributed by atoms with van der Waals surface area (Å²) in [4.78, 5) is 13.4. The standard InChI is InChI=1S/C21H18O2S2/c1-3-13(2)16-7-4-15(10-16)12-19-20(23)18(21(24)25-19)11-14-5-8-17(22)9-6-14/h3-9,12,18,22H,1-2,10-11H2/b19-12-. The second kappa shape index (κ2) is 7.38. The number of phenols is 1. The van der Waals surface area contributed by atoms with Crippen molar-refractivity contribution in [3.8, 4) is 5.75 Å². The van der Waals surface area contributed by atoms with Crippen LogP contribution in [0, 0.1) is 5.92 Å². The zero-order valence-electron chi connectivity index (χ0n) is 13.7. The lowest BCUT2D eigenvalue weighted by molar-refractivity contribution is -0.116. The third-order valence-electron chi connectivity index (χ3n) is 4.30. The normalized spacial score (nSPS) is 21.4. The fraction of sp³-hybridized carbons (Fsp3) is 0.143. The monoisotopic (exact) mass is 366 g/mol. The second-order valence-electron chi connectivity index (χ2n) is 6.06. The Labute approximate surface area is 157 Å². The quantitative estimate of drug-likeness (QED) is 0.448. The average molecular weight is 367 g/mol. The van der Waals surface area contributed by atoms with Gasteiger partial charge in [0, 0.05) is 0 Å². The summed E-state index contributed by atoms with van der Waals surface area (Å²) in [5, 5.41) is 9.37. The molecule has 1 aromatic carbocycles. The molecule has 1 atom stereocenters. The highest BCUT2D eigenvalue weighted by Gasteiger charge is 2.35. The predicted octanol–water partition coefficient (Wildman–Crippen LogP) is 5.08. The molecule has 25 heavy (non-hydrogen) atoms. The number of thioether (sulfide) groups is 1. The van der Waals surface area contributed by atoms with Crippen LogP contribution in [0.4, 0.5) is 0 Å². The van der Waals surface area contributed by atoms with Gasteiger partial charge in [0.25, 0.3) is 0 Å². The third kappa shape index (κ3) is 3.91. The van der Waals surface area contributed by atoms with Gasteiger partial charge in [0.1, 0.15) is 5.75 Å². The summed E-state index contributed by atoms with van der Waals surface area (Å²) in [6.07, 6.45) is 9.05. The Morgan fingerprint density at radius 2 is 2.04 bits per heavy atom. The number of rotatable bonds is 5. The minimum Gasteiger partial charge on any atom is -0.508 e. The van der Waals surface area contributed by atoms with Crippen molar-refractivity contribution in [3.05, 3.63) is 88.9 Å². The Kier molecular flexibility index (Phi) is 5.21. The SMILES string of the molecule is C=CC(=C)C1=CC=C(/C=C2\SC(=S)C(Cc3ccc(O)cc3)C2=O)C1. The van der Waals surface area contributed by atoms with Gasteiger partial charge in [-0.05, 0) is 53.3 Å². The first-order valence-corrected chi connectivity index (χ1v) is 9.17. The Morgan fingerprint density at radius 1 is 1.32 bits per heavy atom. The number of Topliss-reactive ketones (excluding diaryl/α,β-unsaturated/α-hetero) is 1. The number of carbonyl (C=O) groups is 1. The summed E-state index contributed by atoms with van der Waals surface area (Å²) >= 11 is 6.83. The minimum absolute atomic E-state index is 0.0833. The van der Waals surface area contributed by atoms with Crippen LogP contribution in [0.1, 0.15) is 12.0 Å². The first-order valence-electron chi connectivity index (χ1n) is 7.95. The molecule has 126 valence electrons. The first kappa shape index (κ1) is 17.6. The van der Waals surface area contributed by atoms with Crippen LogP contribution in [-0.4, -0.2) is 15.1 Å². The zero-order valence-corrected chi connectivity index (χ0v) is 15.3. The smallest absolute Gasteiger partial charge is 0.178 e. The molecular weight excluding hydrogens is 348 g/mol. The van der Waals surface area contributed by atoms with Gasteiger partial charge in [-0.15, -0.1) is 0 Å². The molecule has 1 unspecified atom stereocenters. The van der Waals surface area contributed by atoms with Crippen LogP contribution < -0.4 is 0 Å². The molecule has 1 aromatic rings. The topological polar surface area (TPSA) is 37.3 Å². The number of aromatic hydroxyl groups is 1. The van der Waals surface area contributed by atoms with E-state index in [0.29, 0.717) is 15.5 Å². The molecular formula is C21H18O2S2. The van der Waals surface area contributed by atoms with Crippen molar-refractivity contribution in [2.75, 3.05) is 0 Å². The molecule has 1 aliphatic heterocycles. The lowest BCUT2D eigenvalue weighted by atomic mass is 9.96. The van der Waals surface area contributed by atoms with Gasteiger partial charge in [-0.1, -0.05) is 67.5 Å². The number of hydrogen-bond donors (Lipinski definition) is 1. The van der Waals surface area contributed by atoms with Crippen LogP contribution in [0.2, 0.25) is 0 Å². The number of phenolic OH excluding ortho intramolecular Hbond substituents is 1. The maximum atomic E-state index is 12.7. The van der Waals surface area contributed by atoms with E-state index in [-0.39, 0.29) is 17.5 Å². The van der Waals surface area contributed by atoms with E-state index in [4.69, 9.17) is 12.2 Å². The molecule has 2 nitrogen and oxygen atoms in total. The van der Waals surface area contributed by atoms with Gasteiger partial charge < -0.3 is 5.11 Å². The highest BCUT2D eigenvalue weighted by Crippen LogP contribution is 2.38. The molecule has 0 saturated carbocycles. The van der Waals surface area contributed by atoms with Crippen LogP contribution >= 0.6 is 24.0 Å². The van der Waals surface area contributed by atoms with Crippen LogP contribution in [0.15, 0.2) is 83.4 Å². The summed E-state index contributed by atoms with van der Waals surface area (Å²) in [5.41, 5.74) is 4.12. The molecule has 0 amide bonds. The lowest BCUT2D eigenvalue weighted by Gasteiger charge is -2.07. The molecule has 2 aliphatic rings. The van der Waals surface area contributed by atoms with Crippen molar-refractivity contribution in [1.29, 1.82) is 0 Å². The van der Waals surface area contributed by atoms with Crippen molar-refractivity contribution in [2.45, 2.75) is 12.8 Å². The molecule has 0 spiro atoms. The van der Waals surface area contributed by atoms with E-state index in [1.807, 2.05) is 30.4 Å². The maximum Gasteiger partial charge on any atom is 0.178 e. The van der Waals surface area contributed by atoms with Crippen molar-refractivity contribution in [2.24, 2.45) is 5.92 Å². The summed E-state index contributed by atoms with van der Waals surface area (Å²) in [6.45, 7) is 7.70. The van der Waals surface area contributed by atoms with Crippen molar-refractivity contribution >= 4 is 34.0 Å². The van der Waals surface area contributed by atoms with Gasteiger partial charge in [0.15, 0.2) is 5.78 Å². The van der Waals surface area contributed by atoms with Gasteiger partial charge >= 0.3 is 0 Å². The van der Waals surface area contributed by atoms with E-state index < -0.39 is 0 Å². The van der Waals surface area contributed by atoms with E-state index in [1.165, 1.54) is 11.8 Å². The molecule has 1 heterocycles. The fourth-order valence-electron chi connectivity index (χ4n) is 2.82. The summed E-state index contributed by atoms with van der Waals surface area (Å²) in [6, 6.07) is 6.91. The van der Waals surface area contributed by atoms with Crippen LogP contribution in [0.5, 0.6) is 5.75 Å². The molecule has 1 saturated heterocycles. The molecule has 1 N–H and O–H groups in total. The summed E-state index contributed by atoms with van der Waals surface area (Å²) < 4.78 is 0.714. The number of allylic oxidation sites excluding steroid dienone is 8. The molecule has 1 fully saturated rings. The van der Waals surface area contributed by atoms with Gasteiger partial charge in [-0.3, -0.25) is 4.79 Å². The predicted molar refractivity (Wildman–Crippen MR) is 109 cm³/mol. The zero-order chi connectivity index (χ0) is 18.0. The summed E-state index contributed by atoms with van der Waals surface area (Å²) in [7, 11) is 0. The van der Waals surface area contributed by atoms with Gasteiger partial charge in [0.2, 0.25) is 0 Å². The van der Waals surface area contributed by atoms with E-state index in [1.54, 1.807) is 18.2 Å². The highest BCUT2D eigenvalue weighted by atomic mass is 32.2. The molecule has 0 aromatic heterocycles. The van der Waals surface area contributed by atoms with Gasteiger partial charge in [-0.25, -0.2) is 0 Å². The van der Waals surface area contributed by atoms with E-state index in [0.717, 1.165) is 28.7 Å². The second-order valence-corrected chi connectivity index (χ2v) is 7.84. The number of benzene rings is 1. The molecule has 0 radical (unpaired) electrons. The molecule has 0 bridgehead atoms. The Bertz CT molecular complexity index is 854. The number of thiocarbonyl (C=S) groups is 1. The Morgan fingerprint density at radius 3 is 2.72 bits per heavy atom. The van der Waals surface area contributed by atoms with Crippen LogP contribution in [0.25, 0.3) is 0 Å². The molecule has 3 rings (SSSR count).